The van der Waals surface area contributed by atoms with Crippen molar-refractivity contribution in [3.63, 3.8) is 0 Å². The van der Waals surface area contributed by atoms with Gasteiger partial charge in [-0.15, -0.1) is 0 Å². The molecule has 0 heterocycles. The molecule has 7 heteroatoms. The molecule has 1 aromatic rings. The van der Waals surface area contributed by atoms with Crippen LogP contribution in [0.2, 0.25) is 10.0 Å². The van der Waals surface area contributed by atoms with Crippen molar-refractivity contribution in [3.8, 4) is 0 Å². The molecule has 17 heavy (non-hydrogen) atoms. The number of amides is 1. The fourth-order valence-electron chi connectivity index (χ4n) is 1.30. The number of halogens is 2. The SMILES string of the molecule is NC(=O)CC(C(=O)[O-])c1cc(Cl)ccc1Cl.[Na+]. The van der Waals surface area contributed by atoms with Gasteiger partial charge in [0.15, 0.2) is 0 Å². The number of hydrogen-bond donors (Lipinski definition) is 1. The molecule has 1 rings (SSSR count). The Balaban J connectivity index is 0.00000256. The van der Waals surface area contributed by atoms with Crippen molar-refractivity contribution < 1.29 is 44.3 Å². The van der Waals surface area contributed by atoms with Crippen LogP contribution in [0.5, 0.6) is 0 Å². The Morgan fingerprint density at radius 3 is 2.41 bits per heavy atom. The van der Waals surface area contributed by atoms with E-state index in [1.54, 1.807) is 0 Å². The molecular weight excluding hydrogens is 276 g/mol. The normalized spacial score (nSPS) is 11.4. The summed E-state index contributed by atoms with van der Waals surface area (Å²) in [7, 11) is 0. The third kappa shape index (κ3) is 4.85. The van der Waals surface area contributed by atoms with Gasteiger partial charge in [0.25, 0.3) is 0 Å². The number of nitrogens with two attached hydrogens (primary N) is 1. The van der Waals surface area contributed by atoms with E-state index in [1.165, 1.54) is 18.2 Å². The van der Waals surface area contributed by atoms with E-state index in [4.69, 9.17) is 28.9 Å². The number of carbonyl (C=O) groups is 2. The quantitative estimate of drug-likeness (QED) is 0.632. The molecule has 1 unspecified atom stereocenters. The van der Waals surface area contributed by atoms with Gasteiger partial charge in [-0.25, -0.2) is 0 Å². The summed E-state index contributed by atoms with van der Waals surface area (Å²) in [5, 5.41) is 11.4. The minimum absolute atomic E-state index is 0. The molecule has 0 aromatic heterocycles. The van der Waals surface area contributed by atoms with Crippen molar-refractivity contribution in [1.29, 1.82) is 0 Å². The van der Waals surface area contributed by atoms with Crippen LogP contribution in [0.4, 0.5) is 0 Å². The summed E-state index contributed by atoms with van der Waals surface area (Å²) in [6.07, 6.45) is -0.373. The minimum atomic E-state index is -1.41. The number of primary amides is 1. The topological polar surface area (TPSA) is 83.2 Å². The maximum Gasteiger partial charge on any atom is 1.00 e. The second-order valence-corrected chi connectivity index (χ2v) is 4.05. The molecule has 2 N–H and O–H groups in total. The van der Waals surface area contributed by atoms with Crippen LogP contribution in [0.25, 0.3) is 0 Å². The molecule has 1 aromatic carbocycles. The predicted molar refractivity (Wildman–Crippen MR) is 58.0 cm³/mol. The summed E-state index contributed by atoms with van der Waals surface area (Å²) >= 11 is 11.5. The Morgan fingerprint density at radius 2 is 1.94 bits per heavy atom. The van der Waals surface area contributed by atoms with E-state index in [1.807, 2.05) is 0 Å². The van der Waals surface area contributed by atoms with E-state index >= 15 is 0 Å². The van der Waals surface area contributed by atoms with Crippen molar-refractivity contribution in [2.45, 2.75) is 12.3 Å². The van der Waals surface area contributed by atoms with Gasteiger partial charge < -0.3 is 15.6 Å². The molecule has 0 aliphatic carbocycles. The van der Waals surface area contributed by atoms with Gasteiger partial charge in [-0.05, 0) is 23.8 Å². The van der Waals surface area contributed by atoms with Gasteiger partial charge in [-0.3, -0.25) is 4.79 Å². The summed E-state index contributed by atoms with van der Waals surface area (Å²) in [6, 6.07) is 4.35. The van der Waals surface area contributed by atoms with Crippen LogP contribution in [0.15, 0.2) is 18.2 Å². The molecule has 0 bridgehead atoms. The van der Waals surface area contributed by atoms with Crippen LogP contribution in [0.1, 0.15) is 17.9 Å². The van der Waals surface area contributed by atoms with Crippen LogP contribution in [-0.4, -0.2) is 11.9 Å². The van der Waals surface area contributed by atoms with Gasteiger partial charge in [-0.1, -0.05) is 23.2 Å². The van der Waals surface area contributed by atoms with Crippen LogP contribution >= 0.6 is 23.2 Å². The second-order valence-electron chi connectivity index (χ2n) is 3.21. The van der Waals surface area contributed by atoms with Crippen molar-refractivity contribution in [2.24, 2.45) is 5.73 Å². The zero-order valence-electron chi connectivity index (χ0n) is 9.07. The number of carboxylic acids is 1. The molecule has 0 saturated carbocycles. The Kier molecular flexibility index (Phi) is 7.13. The second kappa shape index (κ2) is 7.24. The van der Waals surface area contributed by atoms with Crippen molar-refractivity contribution in [2.75, 3.05) is 0 Å². The number of rotatable bonds is 4. The fourth-order valence-corrected chi connectivity index (χ4v) is 1.73. The van der Waals surface area contributed by atoms with Crippen molar-refractivity contribution in [1.82, 2.24) is 0 Å². The fraction of sp³-hybridized carbons (Fsp3) is 0.200. The Hall–Kier alpha value is -0.260. The van der Waals surface area contributed by atoms with Crippen molar-refractivity contribution in [3.05, 3.63) is 33.8 Å². The number of aliphatic carboxylic acids is 1. The van der Waals surface area contributed by atoms with Crippen LogP contribution in [0, 0.1) is 0 Å². The summed E-state index contributed by atoms with van der Waals surface area (Å²) < 4.78 is 0. The number of carboxylic acid groups (broad SMARTS) is 1. The van der Waals surface area contributed by atoms with E-state index in [9.17, 15) is 14.7 Å². The average Bonchev–Trinajstić information content (AvgIpc) is 2.18. The Bertz CT molecular complexity index is 440. The van der Waals surface area contributed by atoms with Crippen LogP contribution in [0.3, 0.4) is 0 Å². The molecule has 0 spiro atoms. The van der Waals surface area contributed by atoms with Gasteiger partial charge in [-0.2, -0.15) is 0 Å². The molecule has 4 nitrogen and oxygen atoms in total. The van der Waals surface area contributed by atoms with E-state index in [-0.39, 0.29) is 46.6 Å². The molecule has 86 valence electrons. The van der Waals surface area contributed by atoms with E-state index in [0.717, 1.165) is 0 Å². The first kappa shape index (κ1) is 16.7. The largest absolute Gasteiger partial charge is 1.00 e. The first-order chi connectivity index (χ1) is 7.41. The third-order valence-corrected chi connectivity index (χ3v) is 2.60. The van der Waals surface area contributed by atoms with Gasteiger partial charge >= 0.3 is 29.6 Å². The summed E-state index contributed by atoms with van der Waals surface area (Å²) in [5.41, 5.74) is 5.18. The predicted octanol–water partition coefficient (Wildman–Crippen LogP) is -2.29. The molecule has 1 amide bonds. The number of benzene rings is 1. The molecule has 0 fully saturated rings. The maximum atomic E-state index is 10.9. The zero-order chi connectivity index (χ0) is 12.3. The summed E-state index contributed by atoms with van der Waals surface area (Å²) in [4.78, 5) is 21.6. The number of hydrogen-bond acceptors (Lipinski definition) is 3. The van der Waals surface area contributed by atoms with Crippen LogP contribution in [-0.2, 0) is 9.59 Å². The molecule has 0 radical (unpaired) electrons. The van der Waals surface area contributed by atoms with Gasteiger partial charge in [0.2, 0.25) is 5.91 Å². The average molecular weight is 284 g/mol. The first-order valence-electron chi connectivity index (χ1n) is 4.36. The van der Waals surface area contributed by atoms with Gasteiger partial charge in [0, 0.05) is 28.4 Å². The standard InChI is InChI=1S/C10H9Cl2NO3.Na/c11-5-1-2-8(12)6(3-5)7(10(15)16)4-9(13)14;/h1-3,7H,4H2,(H2,13,14)(H,15,16);/q;+1/p-1. The monoisotopic (exact) mass is 283 g/mol. The van der Waals surface area contributed by atoms with Gasteiger partial charge in [0.05, 0.1) is 0 Å². The summed E-state index contributed by atoms with van der Waals surface area (Å²) in [5.74, 6) is -3.34. The van der Waals surface area contributed by atoms with Crippen LogP contribution < -0.4 is 40.4 Å². The van der Waals surface area contributed by atoms with Gasteiger partial charge in [0.1, 0.15) is 0 Å². The zero-order valence-corrected chi connectivity index (χ0v) is 12.6. The molecule has 0 aliphatic heterocycles. The first-order valence-corrected chi connectivity index (χ1v) is 5.11. The van der Waals surface area contributed by atoms with E-state index < -0.39 is 17.8 Å². The Morgan fingerprint density at radius 1 is 1.35 bits per heavy atom. The van der Waals surface area contributed by atoms with Crippen molar-refractivity contribution >= 4 is 35.1 Å². The third-order valence-electron chi connectivity index (χ3n) is 2.02. The molecular formula is C10H8Cl2NNaO3. The Labute approximate surface area is 130 Å². The van der Waals surface area contributed by atoms with E-state index in [2.05, 4.69) is 0 Å². The minimum Gasteiger partial charge on any atom is -0.549 e. The summed E-state index contributed by atoms with van der Waals surface area (Å²) in [6.45, 7) is 0. The van der Waals surface area contributed by atoms with E-state index in [0.29, 0.717) is 5.02 Å². The maximum absolute atomic E-state index is 10.9. The number of carbonyl (C=O) groups excluding carboxylic acids is 2. The smallest absolute Gasteiger partial charge is 0.549 e. The molecule has 1 atom stereocenters. The molecule has 0 saturated heterocycles. The molecule has 0 aliphatic rings.